The van der Waals surface area contributed by atoms with E-state index in [1.807, 2.05) is 48.5 Å². The lowest BCUT2D eigenvalue weighted by Crippen LogP contribution is -2.57. The Morgan fingerprint density at radius 2 is 1.35 bits per heavy atom. The summed E-state index contributed by atoms with van der Waals surface area (Å²) >= 11 is 14.7. The molecule has 172 valence electrons. The molecule has 0 radical (unpaired) electrons. The average Bonchev–Trinajstić information content (AvgIpc) is 3.46. The average molecular weight is 495 g/mol. The van der Waals surface area contributed by atoms with Crippen LogP contribution >= 0.6 is 23.2 Å². The van der Waals surface area contributed by atoms with Crippen LogP contribution < -0.4 is 5.32 Å². The van der Waals surface area contributed by atoms with Gasteiger partial charge in [0.2, 0.25) is 17.7 Å². The molecule has 1 saturated heterocycles. The molecule has 34 heavy (non-hydrogen) atoms. The van der Waals surface area contributed by atoms with Crippen LogP contribution in [0.2, 0.25) is 0 Å². The molecule has 1 aromatic heterocycles. The fraction of sp³-hybridized carbons (Fsp3) is 0.269. The van der Waals surface area contributed by atoms with Gasteiger partial charge in [0.1, 0.15) is 15.5 Å². The highest BCUT2D eigenvalue weighted by molar-refractivity contribution is 6.36. The van der Waals surface area contributed by atoms with E-state index < -0.39 is 33.4 Å². The number of imide groups is 1. The standard InChI is InChI=1S/C26H20Cl2N2O4/c27-25-16-7-1-2-8-17(16)26(28,19-10-4-3-9-18(19)25)22-21(25)23(32)30(24(22)33)12-11-20(31)29-14-15-6-5-13-34-15/h1-10,13,21-22H,11-12,14H2,(H,29,31)/t21-,22+,25?,26?. The predicted molar refractivity (Wildman–Crippen MR) is 125 cm³/mol. The van der Waals surface area contributed by atoms with Crippen molar-refractivity contribution >= 4 is 40.9 Å². The molecule has 0 spiro atoms. The van der Waals surface area contributed by atoms with E-state index in [4.69, 9.17) is 27.6 Å². The fourth-order valence-corrected chi connectivity index (χ4v) is 6.94. The Bertz CT molecular complexity index is 1210. The minimum Gasteiger partial charge on any atom is -0.467 e. The first kappa shape index (κ1) is 21.4. The van der Waals surface area contributed by atoms with Gasteiger partial charge < -0.3 is 9.73 Å². The number of carbonyl (C=O) groups excluding carboxylic acids is 3. The van der Waals surface area contributed by atoms with E-state index in [0.717, 1.165) is 27.2 Å². The van der Waals surface area contributed by atoms with Crippen LogP contribution in [-0.4, -0.2) is 29.2 Å². The van der Waals surface area contributed by atoms with Crippen molar-refractivity contribution in [2.24, 2.45) is 11.8 Å². The number of likely N-dealkylation sites (tertiary alicyclic amines) is 1. The summed E-state index contributed by atoms with van der Waals surface area (Å²) in [5, 5.41) is 2.74. The molecule has 0 unspecified atom stereocenters. The van der Waals surface area contributed by atoms with Crippen LogP contribution in [0.4, 0.5) is 0 Å². The first-order chi connectivity index (χ1) is 16.4. The number of nitrogens with zero attached hydrogens (tertiary/aromatic N) is 1. The van der Waals surface area contributed by atoms with Gasteiger partial charge >= 0.3 is 0 Å². The molecule has 1 fully saturated rings. The van der Waals surface area contributed by atoms with Gasteiger partial charge in [0.25, 0.3) is 0 Å². The van der Waals surface area contributed by atoms with Gasteiger partial charge in [0.15, 0.2) is 0 Å². The third kappa shape index (κ3) is 2.67. The molecule has 2 bridgehead atoms. The number of hydrogen-bond donors (Lipinski definition) is 1. The highest BCUT2D eigenvalue weighted by Gasteiger charge is 2.72. The summed E-state index contributed by atoms with van der Waals surface area (Å²) in [7, 11) is 0. The van der Waals surface area contributed by atoms with Gasteiger partial charge in [-0.2, -0.15) is 0 Å². The monoisotopic (exact) mass is 494 g/mol. The second-order valence-electron chi connectivity index (χ2n) is 8.90. The molecule has 8 heteroatoms. The normalized spacial score (nSPS) is 28.5. The van der Waals surface area contributed by atoms with E-state index in [1.54, 1.807) is 12.1 Å². The predicted octanol–water partition coefficient (Wildman–Crippen LogP) is 3.88. The minimum atomic E-state index is -1.21. The molecule has 3 aromatic rings. The highest BCUT2D eigenvalue weighted by atomic mass is 35.5. The van der Waals surface area contributed by atoms with Crippen LogP contribution in [-0.2, 0) is 30.7 Å². The van der Waals surface area contributed by atoms with Gasteiger partial charge in [-0.25, -0.2) is 0 Å². The summed E-state index contributed by atoms with van der Waals surface area (Å²) in [5.74, 6) is -2.16. The van der Waals surface area contributed by atoms with E-state index >= 15 is 0 Å². The van der Waals surface area contributed by atoms with E-state index in [0.29, 0.717) is 5.76 Å². The van der Waals surface area contributed by atoms with Gasteiger partial charge in [-0.1, -0.05) is 48.5 Å². The van der Waals surface area contributed by atoms with Gasteiger partial charge in [0.05, 0.1) is 24.6 Å². The number of halogens is 2. The Morgan fingerprint density at radius 1 is 0.853 bits per heavy atom. The molecule has 2 atom stereocenters. The molecule has 4 aliphatic rings. The highest BCUT2D eigenvalue weighted by Crippen LogP contribution is 2.69. The van der Waals surface area contributed by atoms with Crippen LogP contribution in [0, 0.1) is 11.8 Å². The van der Waals surface area contributed by atoms with Crippen molar-refractivity contribution in [3.8, 4) is 0 Å². The molecular formula is C26H20Cl2N2O4. The lowest BCUT2D eigenvalue weighted by molar-refractivity contribution is -0.140. The van der Waals surface area contributed by atoms with E-state index in [-0.39, 0.29) is 25.4 Å². The van der Waals surface area contributed by atoms with Crippen molar-refractivity contribution in [1.29, 1.82) is 0 Å². The lowest BCUT2D eigenvalue weighted by Gasteiger charge is -2.54. The summed E-state index contributed by atoms with van der Waals surface area (Å²) in [5.41, 5.74) is 3.02. The number of nitrogens with one attached hydrogen (secondary N) is 1. The zero-order valence-corrected chi connectivity index (χ0v) is 19.5. The maximum Gasteiger partial charge on any atom is 0.235 e. The first-order valence-electron chi connectivity index (χ1n) is 11.1. The van der Waals surface area contributed by atoms with Gasteiger partial charge in [0, 0.05) is 13.0 Å². The van der Waals surface area contributed by atoms with E-state index in [2.05, 4.69) is 5.32 Å². The van der Waals surface area contributed by atoms with Crippen molar-refractivity contribution < 1.29 is 18.8 Å². The maximum atomic E-state index is 13.7. The number of furan rings is 1. The zero-order valence-electron chi connectivity index (χ0n) is 18.0. The molecule has 0 saturated carbocycles. The minimum absolute atomic E-state index is 0.0257. The quantitative estimate of drug-likeness (QED) is 0.431. The molecule has 3 amide bonds. The summed E-state index contributed by atoms with van der Waals surface area (Å²) in [6.45, 7) is 0.195. The SMILES string of the molecule is O=C(CCN1C(=O)[C@@H]2[C@H](C1=O)C1(Cl)c3ccccc3C2(Cl)c2ccccc21)NCc1ccco1. The molecule has 1 N–H and O–H groups in total. The lowest BCUT2D eigenvalue weighted by atomic mass is 9.54. The van der Waals surface area contributed by atoms with Crippen molar-refractivity contribution in [3.05, 3.63) is 94.9 Å². The molecule has 2 heterocycles. The summed E-state index contributed by atoms with van der Waals surface area (Å²) in [6, 6.07) is 18.5. The largest absolute Gasteiger partial charge is 0.467 e. The second kappa shape index (κ2) is 7.45. The third-order valence-electron chi connectivity index (χ3n) is 7.28. The number of alkyl halides is 2. The molecule has 7 rings (SSSR count). The Hall–Kier alpha value is -3.09. The van der Waals surface area contributed by atoms with Crippen LogP contribution in [0.25, 0.3) is 0 Å². The van der Waals surface area contributed by atoms with Gasteiger partial charge in [-0.05, 0) is 34.4 Å². The summed E-state index contributed by atoms with van der Waals surface area (Å²) in [4.78, 5) is 38.5. The van der Waals surface area contributed by atoms with Gasteiger partial charge in [-0.15, -0.1) is 23.2 Å². The van der Waals surface area contributed by atoms with Crippen LogP contribution in [0.1, 0.15) is 34.4 Å². The zero-order chi connectivity index (χ0) is 23.7. The van der Waals surface area contributed by atoms with Crippen molar-refractivity contribution in [2.45, 2.75) is 22.7 Å². The smallest absolute Gasteiger partial charge is 0.235 e. The third-order valence-corrected chi connectivity index (χ3v) is 8.56. The van der Waals surface area contributed by atoms with Crippen molar-refractivity contribution in [1.82, 2.24) is 10.2 Å². The molecule has 3 aliphatic carbocycles. The molecule has 2 aromatic carbocycles. The topological polar surface area (TPSA) is 79.6 Å². The Morgan fingerprint density at radius 3 is 1.79 bits per heavy atom. The first-order valence-corrected chi connectivity index (χ1v) is 11.9. The number of hydrogen-bond acceptors (Lipinski definition) is 4. The number of rotatable bonds is 5. The van der Waals surface area contributed by atoms with Crippen molar-refractivity contribution in [3.63, 3.8) is 0 Å². The van der Waals surface area contributed by atoms with Crippen LogP contribution in [0.5, 0.6) is 0 Å². The number of amides is 3. The summed E-state index contributed by atoms with van der Waals surface area (Å²) < 4.78 is 5.21. The Labute approximate surface area is 205 Å². The number of carbonyl (C=O) groups is 3. The van der Waals surface area contributed by atoms with Crippen LogP contribution in [0.15, 0.2) is 71.3 Å². The number of benzene rings is 2. The summed E-state index contributed by atoms with van der Waals surface area (Å²) in [6.07, 6.45) is 1.50. The van der Waals surface area contributed by atoms with Crippen LogP contribution in [0.3, 0.4) is 0 Å². The van der Waals surface area contributed by atoms with Gasteiger partial charge in [-0.3, -0.25) is 19.3 Å². The molecular weight excluding hydrogens is 475 g/mol. The molecule has 1 aliphatic heterocycles. The Balaban J connectivity index is 1.34. The maximum absolute atomic E-state index is 13.7. The fourth-order valence-electron chi connectivity index (χ4n) is 5.85. The molecule has 6 nitrogen and oxygen atoms in total. The van der Waals surface area contributed by atoms with E-state index in [9.17, 15) is 14.4 Å². The van der Waals surface area contributed by atoms with E-state index in [1.165, 1.54) is 6.26 Å². The van der Waals surface area contributed by atoms with Crippen molar-refractivity contribution in [2.75, 3.05) is 6.54 Å². The second-order valence-corrected chi connectivity index (χ2v) is 10.1. The Kier molecular flexibility index (Phi) is 4.70.